The van der Waals surface area contributed by atoms with Gasteiger partial charge < -0.3 is 5.73 Å². The molecular weight excluding hydrogens is 280 g/mol. The zero-order valence-electron chi connectivity index (χ0n) is 11.4. The summed E-state index contributed by atoms with van der Waals surface area (Å²) < 4.78 is 1.33. The van der Waals surface area contributed by atoms with Gasteiger partial charge >= 0.3 is 0 Å². The van der Waals surface area contributed by atoms with Gasteiger partial charge in [0, 0.05) is 11.1 Å². The van der Waals surface area contributed by atoms with Crippen molar-refractivity contribution >= 4 is 28.3 Å². The summed E-state index contributed by atoms with van der Waals surface area (Å²) in [5, 5.41) is 7.99. The first-order chi connectivity index (χ1) is 10.7. The molecule has 1 aromatic heterocycles. The summed E-state index contributed by atoms with van der Waals surface area (Å²) in [6.07, 6.45) is 0. The van der Waals surface area contributed by atoms with E-state index >= 15 is 0 Å². The maximum absolute atomic E-state index is 12.7. The third-order valence-corrected chi connectivity index (χ3v) is 3.69. The van der Waals surface area contributed by atoms with E-state index in [0.29, 0.717) is 22.2 Å². The number of allylic oxidation sites excluding steroid dienone is 2. The van der Waals surface area contributed by atoms with E-state index in [-0.39, 0.29) is 23.0 Å². The van der Waals surface area contributed by atoms with Crippen LogP contribution in [-0.4, -0.2) is 26.6 Å². The van der Waals surface area contributed by atoms with E-state index in [4.69, 9.17) is 5.73 Å². The molecule has 0 saturated carbocycles. The van der Waals surface area contributed by atoms with Crippen LogP contribution in [0.4, 0.5) is 0 Å². The Morgan fingerprint density at radius 2 is 1.50 bits per heavy atom. The minimum absolute atomic E-state index is 0.0531. The van der Waals surface area contributed by atoms with Crippen molar-refractivity contribution in [2.75, 3.05) is 0 Å². The molecule has 0 saturated heterocycles. The number of benzene rings is 2. The Bertz CT molecular complexity index is 984. The van der Waals surface area contributed by atoms with Crippen LogP contribution < -0.4 is 5.73 Å². The molecule has 0 amide bonds. The van der Waals surface area contributed by atoms with Crippen LogP contribution in [0.15, 0.2) is 54.2 Å². The van der Waals surface area contributed by atoms with Gasteiger partial charge in [-0.3, -0.25) is 9.59 Å². The Labute approximate surface area is 124 Å². The number of hydrogen-bond donors (Lipinski definition) is 1. The van der Waals surface area contributed by atoms with Crippen LogP contribution in [0.5, 0.6) is 0 Å². The monoisotopic (exact) mass is 290 g/mol. The van der Waals surface area contributed by atoms with Gasteiger partial charge in [0.1, 0.15) is 16.9 Å². The Balaban J connectivity index is 2.01. The molecule has 106 valence electrons. The Kier molecular flexibility index (Phi) is 2.47. The zero-order valence-corrected chi connectivity index (χ0v) is 11.4. The molecule has 4 rings (SSSR count). The van der Waals surface area contributed by atoms with Crippen molar-refractivity contribution in [1.82, 2.24) is 15.0 Å². The van der Waals surface area contributed by atoms with E-state index in [1.165, 1.54) is 4.68 Å². The van der Waals surface area contributed by atoms with E-state index in [2.05, 4.69) is 10.3 Å². The number of nitrogens with two attached hydrogens (primary N) is 1. The summed E-state index contributed by atoms with van der Waals surface area (Å²) in [6, 6.07) is 13.8. The number of aromatic nitrogens is 3. The van der Waals surface area contributed by atoms with Crippen molar-refractivity contribution in [1.29, 1.82) is 0 Å². The van der Waals surface area contributed by atoms with Gasteiger partial charge in [-0.1, -0.05) is 41.6 Å². The fourth-order valence-corrected chi connectivity index (χ4v) is 2.63. The molecule has 0 atom stereocenters. The molecule has 2 N–H and O–H groups in total. The number of para-hydroxylation sites is 1. The van der Waals surface area contributed by atoms with Crippen LogP contribution in [0, 0.1) is 0 Å². The maximum atomic E-state index is 12.7. The third-order valence-electron chi connectivity index (χ3n) is 3.69. The molecule has 0 unspecified atom stereocenters. The molecule has 0 spiro atoms. The molecule has 3 aromatic rings. The van der Waals surface area contributed by atoms with Crippen molar-refractivity contribution < 1.29 is 9.59 Å². The SMILES string of the molecule is NC1=C(n2nnc3ccccc32)C(=O)c2ccccc2C1=O. The molecule has 2 aromatic carbocycles. The lowest BCUT2D eigenvalue weighted by atomic mass is 9.90. The molecule has 0 fully saturated rings. The number of carbonyl (C=O) groups excluding carboxylic acids is 2. The van der Waals surface area contributed by atoms with Gasteiger partial charge in [0.15, 0.2) is 0 Å². The van der Waals surface area contributed by atoms with Crippen LogP contribution >= 0.6 is 0 Å². The quantitative estimate of drug-likeness (QED) is 0.735. The normalized spacial score (nSPS) is 14.5. The number of nitrogens with zero attached hydrogens (tertiary/aromatic N) is 3. The molecule has 1 aliphatic rings. The molecule has 0 bridgehead atoms. The lowest BCUT2D eigenvalue weighted by molar-refractivity contribution is 0.0986. The topological polar surface area (TPSA) is 90.9 Å². The highest BCUT2D eigenvalue weighted by molar-refractivity contribution is 6.37. The summed E-state index contributed by atoms with van der Waals surface area (Å²) in [4.78, 5) is 25.1. The molecule has 6 heteroatoms. The van der Waals surface area contributed by atoms with Crippen molar-refractivity contribution in [3.05, 3.63) is 65.4 Å². The van der Waals surface area contributed by atoms with Gasteiger partial charge in [-0.05, 0) is 12.1 Å². The van der Waals surface area contributed by atoms with Gasteiger partial charge in [0.25, 0.3) is 0 Å². The van der Waals surface area contributed by atoms with Crippen LogP contribution in [0.1, 0.15) is 20.7 Å². The highest BCUT2D eigenvalue weighted by Crippen LogP contribution is 2.28. The Hall–Kier alpha value is -3.28. The molecule has 0 aliphatic heterocycles. The van der Waals surface area contributed by atoms with E-state index in [1.54, 1.807) is 36.4 Å². The average molecular weight is 290 g/mol. The Morgan fingerprint density at radius 1 is 0.864 bits per heavy atom. The first-order valence-corrected chi connectivity index (χ1v) is 6.67. The highest BCUT2D eigenvalue weighted by atomic mass is 16.1. The van der Waals surface area contributed by atoms with Crippen LogP contribution in [0.3, 0.4) is 0 Å². The molecule has 6 nitrogen and oxygen atoms in total. The number of rotatable bonds is 1. The minimum Gasteiger partial charge on any atom is -0.394 e. The fraction of sp³-hybridized carbons (Fsp3) is 0. The van der Waals surface area contributed by atoms with Crippen LogP contribution in [0.25, 0.3) is 16.7 Å². The number of Topliss-reactive ketones (excluding diaryl/α,β-unsaturated/α-hetero) is 2. The van der Waals surface area contributed by atoms with Gasteiger partial charge in [-0.25, -0.2) is 4.68 Å². The lowest BCUT2D eigenvalue weighted by Crippen LogP contribution is -2.28. The van der Waals surface area contributed by atoms with E-state index in [9.17, 15) is 9.59 Å². The highest BCUT2D eigenvalue weighted by Gasteiger charge is 2.32. The number of hydrogen-bond acceptors (Lipinski definition) is 5. The molecule has 1 heterocycles. The maximum Gasteiger partial charge on any atom is 0.214 e. The summed E-state index contributed by atoms with van der Waals surface area (Å²) in [5.74, 6) is -0.701. The second-order valence-electron chi connectivity index (χ2n) is 4.96. The fourth-order valence-electron chi connectivity index (χ4n) is 2.63. The third kappa shape index (κ3) is 1.54. The first kappa shape index (κ1) is 12.5. The van der Waals surface area contributed by atoms with Gasteiger partial charge in [0.05, 0.1) is 5.52 Å². The molecule has 1 aliphatic carbocycles. The number of ketones is 2. The number of fused-ring (bicyclic) bond motifs is 2. The zero-order chi connectivity index (χ0) is 15.3. The van der Waals surface area contributed by atoms with Gasteiger partial charge in [0.2, 0.25) is 11.6 Å². The second-order valence-corrected chi connectivity index (χ2v) is 4.96. The average Bonchev–Trinajstić information content (AvgIpc) is 2.97. The standard InChI is InChI=1S/C16H10N4O2/c17-13-14(20-12-8-4-3-7-11(12)18-19-20)16(22)10-6-2-1-5-9(10)15(13)21/h1-8H,17H2. The largest absolute Gasteiger partial charge is 0.394 e. The summed E-state index contributed by atoms with van der Waals surface area (Å²) in [5.41, 5.74) is 7.77. The van der Waals surface area contributed by atoms with Crippen molar-refractivity contribution in [2.45, 2.75) is 0 Å². The van der Waals surface area contributed by atoms with Crippen molar-refractivity contribution in [3.8, 4) is 0 Å². The predicted molar refractivity (Wildman–Crippen MR) is 80.0 cm³/mol. The number of carbonyl (C=O) groups is 2. The molecular formula is C16H10N4O2. The van der Waals surface area contributed by atoms with Crippen LogP contribution in [-0.2, 0) is 0 Å². The van der Waals surface area contributed by atoms with E-state index in [0.717, 1.165) is 0 Å². The summed E-state index contributed by atoms with van der Waals surface area (Å²) in [7, 11) is 0. The summed E-state index contributed by atoms with van der Waals surface area (Å²) >= 11 is 0. The smallest absolute Gasteiger partial charge is 0.214 e. The summed E-state index contributed by atoms with van der Waals surface area (Å²) in [6.45, 7) is 0. The lowest BCUT2D eigenvalue weighted by Gasteiger charge is -2.18. The molecule has 22 heavy (non-hydrogen) atoms. The van der Waals surface area contributed by atoms with Crippen LogP contribution in [0.2, 0.25) is 0 Å². The van der Waals surface area contributed by atoms with Gasteiger partial charge in [-0.15, -0.1) is 5.10 Å². The van der Waals surface area contributed by atoms with Gasteiger partial charge in [-0.2, -0.15) is 0 Å². The van der Waals surface area contributed by atoms with E-state index < -0.39 is 0 Å². The Morgan fingerprint density at radius 3 is 2.27 bits per heavy atom. The molecule has 0 radical (unpaired) electrons. The minimum atomic E-state index is -0.371. The van der Waals surface area contributed by atoms with E-state index in [1.807, 2.05) is 12.1 Å². The predicted octanol–water partition coefficient (Wildman–Crippen LogP) is 1.64. The van der Waals surface area contributed by atoms with Crippen molar-refractivity contribution in [2.24, 2.45) is 5.73 Å². The second kappa shape index (κ2) is 4.36. The first-order valence-electron chi connectivity index (χ1n) is 6.67. The van der Waals surface area contributed by atoms with Crippen molar-refractivity contribution in [3.63, 3.8) is 0 Å².